The summed E-state index contributed by atoms with van der Waals surface area (Å²) in [6.45, 7) is 2.14. The molecule has 0 unspecified atom stereocenters. The standard InChI is InChI=1S/C16H24N2O3/c1-4-5-6-7-8-16(19)18-17-12-13-11-14(20-2)9-10-15(13)21-3/h9-12H,4-8H2,1-3H3,(H,18,19)/b17-12+. The summed E-state index contributed by atoms with van der Waals surface area (Å²) in [7, 11) is 3.19. The van der Waals surface area contributed by atoms with Crippen molar-refractivity contribution in [2.24, 2.45) is 5.10 Å². The lowest BCUT2D eigenvalue weighted by Gasteiger charge is -2.06. The highest BCUT2D eigenvalue weighted by molar-refractivity contribution is 5.85. The van der Waals surface area contributed by atoms with Gasteiger partial charge in [-0.25, -0.2) is 5.43 Å². The second kappa shape index (κ2) is 9.80. The first-order chi connectivity index (χ1) is 10.2. The quantitative estimate of drug-likeness (QED) is 0.432. The molecule has 0 atom stereocenters. The van der Waals surface area contributed by atoms with Crippen LogP contribution in [0.3, 0.4) is 0 Å². The number of nitrogens with zero attached hydrogens (tertiary/aromatic N) is 1. The molecule has 0 aromatic heterocycles. The Morgan fingerprint density at radius 1 is 1.24 bits per heavy atom. The summed E-state index contributed by atoms with van der Waals surface area (Å²) < 4.78 is 10.4. The Morgan fingerprint density at radius 2 is 2.05 bits per heavy atom. The Labute approximate surface area is 126 Å². The number of carbonyl (C=O) groups excluding carboxylic acids is 1. The van der Waals surface area contributed by atoms with E-state index in [9.17, 15) is 4.79 Å². The molecule has 1 amide bonds. The Hall–Kier alpha value is -2.04. The summed E-state index contributed by atoms with van der Waals surface area (Å²) >= 11 is 0. The normalized spacial score (nSPS) is 10.6. The summed E-state index contributed by atoms with van der Waals surface area (Å²) in [6.07, 6.45) is 6.37. The van der Waals surface area contributed by atoms with Crippen LogP contribution < -0.4 is 14.9 Å². The smallest absolute Gasteiger partial charge is 0.240 e. The second-order valence-electron chi connectivity index (χ2n) is 4.71. The molecule has 0 saturated heterocycles. The van der Waals surface area contributed by atoms with Crippen LogP contribution in [-0.4, -0.2) is 26.3 Å². The molecule has 1 aromatic rings. The van der Waals surface area contributed by atoms with E-state index >= 15 is 0 Å². The molecule has 0 bridgehead atoms. The summed E-state index contributed by atoms with van der Waals surface area (Å²) in [6, 6.07) is 5.41. The summed E-state index contributed by atoms with van der Waals surface area (Å²) in [5.41, 5.74) is 3.28. The van der Waals surface area contributed by atoms with Crippen LogP contribution in [-0.2, 0) is 4.79 Å². The summed E-state index contributed by atoms with van der Waals surface area (Å²) in [5.74, 6) is 1.32. The van der Waals surface area contributed by atoms with Gasteiger partial charge in [-0.2, -0.15) is 5.10 Å². The Bertz CT molecular complexity index is 473. The van der Waals surface area contributed by atoms with E-state index in [2.05, 4.69) is 17.5 Å². The molecule has 116 valence electrons. The number of carbonyl (C=O) groups is 1. The lowest BCUT2D eigenvalue weighted by atomic mass is 10.1. The summed E-state index contributed by atoms with van der Waals surface area (Å²) in [5, 5.41) is 3.96. The molecule has 1 N–H and O–H groups in total. The van der Waals surface area contributed by atoms with E-state index in [0.717, 1.165) is 31.2 Å². The van der Waals surface area contributed by atoms with Gasteiger partial charge in [0.1, 0.15) is 11.5 Å². The maximum Gasteiger partial charge on any atom is 0.240 e. The van der Waals surface area contributed by atoms with E-state index in [4.69, 9.17) is 9.47 Å². The number of ether oxygens (including phenoxy) is 2. The van der Waals surface area contributed by atoms with Gasteiger partial charge in [0, 0.05) is 12.0 Å². The van der Waals surface area contributed by atoms with E-state index < -0.39 is 0 Å². The fraction of sp³-hybridized carbons (Fsp3) is 0.500. The third-order valence-corrected chi connectivity index (χ3v) is 3.09. The number of hydrogen-bond donors (Lipinski definition) is 1. The lowest BCUT2D eigenvalue weighted by Crippen LogP contribution is -2.16. The van der Waals surface area contributed by atoms with Gasteiger partial charge < -0.3 is 9.47 Å². The SMILES string of the molecule is CCCCCCC(=O)N/N=C/c1cc(OC)ccc1OC. The average Bonchev–Trinajstić information content (AvgIpc) is 2.51. The zero-order valence-electron chi connectivity index (χ0n) is 13.0. The topological polar surface area (TPSA) is 59.9 Å². The maximum absolute atomic E-state index is 11.6. The third-order valence-electron chi connectivity index (χ3n) is 3.09. The number of benzene rings is 1. The van der Waals surface area contributed by atoms with E-state index in [1.807, 2.05) is 6.07 Å². The van der Waals surface area contributed by atoms with Crippen LogP contribution in [0.15, 0.2) is 23.3 Å². The minimum absolute atomic E-state index is 0.0655. The average molecular weight is 292 g/mol. The van der Waals surface area contributed by atoms with Crippen molar-refractivity contribution in [1.29, 1.82) is 0 Å². The monoisotopic (exact) mass is 292 g/mol. The van der Waals surface area contributed by atoms with Crippen molar-refractivity contribution in [3.63, 3.8) is 0 Å². The van der Waals surface area contributed by atoms with Gasteiger partial charge in [-0.1, -0.05) is 26.2 Å². The van der Waals surface area contributed by atoms with Crippen molar-refractivity contribution < 1.29 is 14.3 Å². The fourth-order valence-corrected chi connectivity index (χ4v) is 1.88. The predicted octanol–water partition coefficient (Wildman–Crippen LogP) is 3.12. The first-order valence-corrected chi connectivity index (χ1v) is 7.25. The van der Waals surface area contributed by atoms with Crippen LogP contribution in [0.5, 0.6) is 11.5 Å². The molecule has 0 aliphatic rings. The van der Waals surface area contributed by atoms with E-state index in [-0.39, 0.29) is 5.91 Å². The Balaban J connectivity index is 2.50. The molecule has 0 fully saturated rings. The molecule has 1 rings (SSSR count). The number of hydrazone groups is 1. The molecular weight excluding hydrogens is 268 g/mol. The molecule has 0 radical (unpaired) electrons. The Morgan fingerprint density at radius 3 is 2.71 bits per heavy atom. The predicted molar refractivity (Wildman–Crippen MR) is 84.0 cm³/mol. The van der Waals surface area contributed by atoms with Crippen LogP contribution in [0, 0.1) is 0 Å². The van der Waals surface area contributed by atoms with Crippen molar-refractivity contribution in [1.82, 2.24) is 5.43 Å². The number of methoxy groups -OCH3 is 2. The molecule has 21 heavy (non-hydrogen) atoms. The minimum atomic E-state index is -0.0655. The van der Waals surface area contributed by atoms with Crippen LogP contribution in [0.1, 0.15) is 44.6 Å². The highest BCUT2D eigenvalue weighted by atomic mass is 16.5. The molecular formula is C16H24N2O3. The van der Waals surface area contributed by atoms with Crippen molar-refractivity contribution in [2.45, 2.75) is 39.0 Å². The summed E-state index contributed by atoms with van der Waals surface area (Å²) in [4.78, 5) is 11.6. The number of unbranched alkanes of at least 4 members (excludes halogenated alkanes) is 3. The van der Waals surface area contributed by atoms with Gasteiger partial charge in [0.25, 0.3) is 0 Å². The first-order valence-electron chi connectivity index (χ1n) is 7.25. The zero-order valence-corrected chi connectivity index (χ0v) is 13.0. The van der Waals surface area contributed by atoms with Gasteiger partial charge >= 0.3 is 0 Å². The van der Waals surface area contributed by atoms with Gasteiger partial charge in [-0.15, -0.1) is 0 Å². The van der Waals surface area contributed by atoms with Crippen LogP contribution in [0.4, 0.5) is 0 Å². The lowest BCUT2D eigenvalue weighted by molar-refractivity contribution is -0.121. The van der Waals surface area contributed by atoms with Crippen molar-refractivity contribution in [2.75, 3.05) is 14.2 Å². The molecule has 0 aliphatic carbocycles. The Kier molecular flexibility index (Phi) is 7.94. The second-order valence-corrected chi connectivity index (χ2v) is 4.71. The van der Waals surface area contributed by atoms with Crippen molar-refractivity contribution in [3.8, 4) is 11.5 Å². The van der Waals surface area contributed by atoms with Crippen molar-refractivity contribution >= 4 is 12.1 Å². The highest BCUT2D eigenvalue weighted by Crippen LogP contribution is 2.22. The molecule has 0 aliphatic heterocycles. The van der Waals surface area contributed by atoms with Gasteiger partial charge in [0.05, 0.1) is 20.4 Å². The van der Waals surface area contributed by atoms with E-state index in [1.165, 1.54) is 0 Å². The van der Waals surface area contributed by atoms with Gasteiger partial charge in [-0.3, -0.25) is 4.79 Å². The number of rotatable bonds is 9. The molecule has 0 spiro atoms. The van der Waals surface area contributed by atoms with Crippen LogP contribution in [0.25, 0.3) is 0 Å². The molecule has 0 heterocycles. The highest BCUT2D eigenvalue weighted by Gasteiger charge is 2.03. The van der Waals surface area contributed by atoms with Gasteiger partial charge in [0.2, 0.25) is 5.91 Å². The van der Waals surface area contributed by atoms with Gasteiger partial charge in [-0.05, 0) is 24.6 Å². The largest absolute Gasteiger partial charge is 0.497 e. The maximum atomic E-state index is 11.6. The van der Waals surface area contributed by atoms with Crippen LogP contribution >= 0.6 is 0 Å². The third kappa shape index (κ3) is 6.29. The zero-order chi connectivity index (χ0) is 15.5. The fourth-order valence-electron chi connectivity index (χ4n) is 1.88. The molecule has 5 nitrogen and oxygen atoms in total. The number of hydrogen-bond acceptors (Lipinski definition) is 4. The van der Waals surface area contributed by atoms with Gasteiger partial charge in [0.15, 0.2) is 0 Å². The number of nitrogens with one attached hydrogen (secondary N) is 1. The number of amides is 1. The molecule has 1 aromatic carbocycles. The van der Waals surface area contributed by atoms with Crippen LogP contribution in [0.2, 0.25) is 0 Å². The minimum Gasteiger partial charge on any atom is -0.497 e. The van der Waals surface area contributed by atoms with E-state index in [1.54, 1.807) is 32.6 Å². The van der Waals surface area contributed by atoms with E-state index in [0.29, 0.717) is 17.9 Å². The molecule has 5 heteroatoms. The molecule has 0 saturated carbocycles. The first kappa shape index (κ1) is 17.0. The van der Waals surface area contributed by atoms with Crippen molar-refractivity contribution in [3.05, 3.63) is 23.8 Å².